The average molecular weight is 551 g/mol. The molecule has 0 saturated heterocycles. The molecule has 208 valence electrons. The lowest BCUT2D eigenvalue weighted by Crippen LogP contribution is -2.27. The van der Waals surface area contributed by atoms with Gasteiger partial charge in [-0.05, 0) is 45.9 Å². The van der Waals surface area contributed by atoms with Gasteiger partial charge < -0.3 is 20.0 Å². The summed E-state index contributed by atoms with van der Waals surface area (Å²) in [7, 11) is 0. The Hall–Kier alpha value is -4.96. The third-order valence-corrected chi connectivity index (χ3v) is 6.58. The Balaban J connectivity index is 1.56. The van der Waals surface area contributed by atoms with Gasteiger partial charge in [-0.3, -0.25) is 19.4 Å². The lowest BCUT2D eigenvalue weighted by molar-refractivity contribution is 0.0736. The number of benzene rings is 1. The molecule has 0 bridgehead atoms. The van der Waals surface area contributed by atoms with Gasteiger partial charge in [-0.15, -0.1) is 0 Å². The molecule has 1 aromatic carbocycles. The Labute approximate surface area is 235 Å². The van der Waals surface area contributed by atoms with E-state index in [-0.39, 0.29) is 35.0 Å². The summed E-state index contributed by atoms with van der Waals surface area (Å²) < 4.78 is 1.60. The summed E-state index contributed by atoms with van der Waals surface area (Å²) in [6.07, 6.45) is 1.71. The zero-order chi connectivity index (χ0) is 29.3. The molecular formula is C31H30N6O4. The second kappa shape index (κ2) is 10.9. The van der Waals surface area contributed by atoms with Crippen LogP contribution in [0.25, 0.3) is 33.7 Å². The molecule has 0 aliphatic carbocycles. The highest BCUT2D eigenvalue weighted by Gasteiger charge is 2.20. The molecule has 3 N–H and O–H groups in total. The van der Waals surface area contributed by atoms with Crippen molar-refractivity contribution in [1.29, 1.82) is 0 Å². The molecule has 10 heteroatoms. The summed E-state index contributed by atoms with van der Waals surface area (Å²) in [5.41, 5.74) is 1.87. The zero-order valence-electron chi connectivity index (χ0n) is 23.2. The van der Waals surface area contributed by atoms with Gasteiger partial charge in [0.1, 0.15) is 11.3 Å². The van der Waals surface area contributed by atoms with Crippen molar-refractivity contribution in [2.24, 2.45) is 0 Å². The first-order valence-electron chi connectivity index (χ1n) is 13.2. The van der Waals surface area contributed by atoms with Crippen molar-refractivity contribution in [3.63, 3.8) is 0 Å². The number of aromatic nitrogens is 5. The van der Waals surface area contributed by atoms with E-state index in [9.17, 15) is 19.5 Å². The smallest absolute Gasteiger partial charge is 0.268 e. The van der Waals surface area contributed by atoms with E-state index in [2.05, 4.69) is 15.3 Å². The predicted molar refractivity (Wildman–Crippen MR) is 156 cm³/mol. The molecule has 5 rings (SSSR count). The summed E-state index contributed by atoms with van der Waals surface area (Å²) in [4.78, 5) is 55.4. The van der Waals surface area contributed by atoms with Crippen molar-refractivity contribution in [3.05, 3.63) is 111 Å². The zero-order valence-corrected chi connectivity index (χ0v) is 23.2. The number of hydrogen-bond acceptors (Lipinski definition) is 7. The molecule has 41 heavy (non-hydrogen) atoms. The van der Waals surface area contributed by atoms with E-state index in [1.807, 2.05) is 44.2 Å². The molecule has 0 spiro atoms. The van der Waals surface area contributed by atoms with Crippen LogP contribution in [0, 0.1) is 0 Å². The van der Waals surface area contributed by atoms with Gasteiger partial charge >= 0.3 is 0 Å². The highest BCUT2D eigenvalue weighted by atomic mass is 16.3. The van der Waals surface area contributed by atoms with Crippen LogP contribution in [-0.4, -0.2) is 35.5 Å². The van der Waals surface area contributed by atoms with Crippen LogP contribution in [0.15, 0.2) is 82.5 Å². The number of nitrogens with zero attached hydrogens (tertiary/aromatic N) is 4. The number of rotatable bonds is 7. The van der Waals surface area contributed by atoms with Crippen LogP contribution in [0.2, 0.25) is 0 Å². The number of H-pyrrole nitrogens is 1. The van der Waals surface area contributed by atoms with Gasteiger partial charge in [-0.2, -0.15) is 0 Å². The Morgan fingerprint density at radius 3 is 2.39 bits per heavy atom. The van der Waals surface area contributed by atoms with E-state index < -0.39 is 16.9 Å². The van der Waals surface area contributed by atoms with Crippen molar-refractivity contribution in [2.45, 2.75) is 45.9 Å². The highest BCUT2D eigenvalue weighted by molar-refractivity contribution is 5.94. The molecule has 4 heterocycles. The maximum atomic E-state index is 13.2. The number of amides is 1. The second-order valence-electron chi connectivity index (χ2n) is 10.5. The Morgan fingerprint density at radius 2 is 1.68 bits per heavy atom. The van der Waals surface area contributed by atoms with E-state index >= 15 is 0 Å². The quantitative estimate of drug-likeness (QED) is 0.278. The van der Waals surface area contributed by atoms with Gasteiger partial charge in [-0.25, -0.2) is 9.97 Å². The first-order valence-corrected chi connectivity index (χ1v) is 13.2. The molecular weight excluding hydrogens is 520 g/mol. The minimum Gasteiger partial charge on any atom is -0.384 e. The fraction of sp³-hybridized carbons (Fsp3) is 0.226. The van der Waals surface area contributed by atoms with E-state index in [4.69, 9.17) is 9.97 Å². The van der Waals surface area contributed by atoms with Crippen molar-refractivity contribution in [1.82, 2.24) is 29.8 Å². The summed E-state index contributed by atoms with van der Waals surface area (Å²) in [6, 6.07) is 18.8. The molecule has 0 saturated carbocycles. The molecule has 0 radical (unpaired) electrons. The molecule has 0 aliphatic heterocycles. The summed E-state index contributed by atoms with van der Waals surface area (Å²) in [5.74, 6) is -0.518. The Morgan fingerprint density at radius 1 is 0.951 bits per heavy atom. The third kappa shape index (κ3) is 5.82. The van der Waals surface area contributed by atoms with E-state index in [0.717, 1.165) is 5.56 Å². The predicted octanol–water partition coefficient (Wildman–Crippen LogP) is 3.95. The fourth-order valence-electron chi connectivity index (χ4n) is 4.41. The number of aliphatic hydroxyl groups is 1. The fourth-order valence-corrected chi connectivity index (χ4v) is 4.41. The molecule has 0 fully saturated rings. The second-order valence-corrected chi connectivity index (χ2v) is 10.5. The van der Waals surface area contributed by atoms with Crippen LogP contribution in [-0.2, 0) is 12.1 Å². The van der Waals surface area contributed by atoms with Crippen LogP contribution in [0.3, 0.4) is 0 Å². The van der Waals surface area contributed by atoms with Crippen molar-refractivity contribution >= 4 is 17.1 Å². The summed E-state index contributed by atoms with van der Waals surface area (Å²) >= 11 is 0. The van der Waals surface area contributed by atoms with Gasteiger partial charge in [0.05, 0.1) is 29.3 Å². The number of nitrogens with one attached hydrogen (secondary N) is 2. The first kappa shape index (κ1) is 27.6. The summed E-state index contributed by atoms with van der Waals surface area (Å²) in [6.45, 7) is 7.18. The van der Waals surface area contributed by atoms with Crippen LogP contribution in [0.4, 0.5) is 0 Å². The molecule has 5 aromatic rings. The molecule has 1 amide bonds. The lowest BCUT2D eigenvalue weighted by atomic mass is 10.0. The van der Waals surface area contributed by atoms with E-state index in [0.29, 0.717) is 28.3 Å². The van der Waals surface area contributed by atoms with Gasteiger partial charge in [0.25, 0.3) is 11.5 Å². The minimum absolute atomic E-state index is 0.0237. The molecule has 0 unspecified atom stereocenters. The van der Waals surface area contributed by atoms with Gasteiger partial charge in [0.2, 0.25) is 5.43 Å². The summed E-state index contributed by atoms with van der Waals surface area (Å²) in [5, 5.41) is 13.0. The Kier molecular flexibility index (Phi) is 7.34. The third-order valence-electron chi connectivity index (χ3n) is 6.58. The van der Waals surface area contributed by atoms with E-state index in [1.54, 1.807) is 48.9 Å². The van der Waals surface area contributed by atoms with Crippen molar-refractivity contribution < 1.29 is 9.90 Å². The number of aromatic amines is 1. The standard InChI is InChI=1S/C31H30N6O4/c1-18(2)37-17-20(13-14-25(37)39)27-26(19-9-6-5-7-10-19)36-29-28(35-27)23(38)15-22(34-29)30(40)32-16-21-11-8-12-24(33-21)31(3,4)41/h5-15,17-18,41H,16H2,1-4H3,(H,32,40)(H,34,36,38). The SMILES string of the molecule is CC(C)n1cc(-c2nc3c(=O)cc(C(=O)NCc4cccc(C(C)(C)O)n4)[nH]c3nc2-c2ccccc2)ccc1=O. The number of pyridine rings is 3. The van der Waals surface area contributed by atoms with Crippen molar-refractivity contribution in [2.75, 3.05) is 0 Å². The minimum atomic E-state index is -1.12. The van der Waals surface area contributed by atoms with Crippen LogP contribution >= 0.6 is 0 Å². The molecule has 10 nitrogen and oxygen atoms in total. The highest BCUT2D eigenvalue weighted by Crippen LogP contribution is 2.30. The number of fused-ring (bicyclic) bond motifs is 1. The van der Waals surface area contributed by atoms with Crippen LogP contribution in [0.5, 0.6) is 0 Å². The van der Waals surface area contributed by atoms with Gasteiger partial charge in [-0.1, -0.05) is 36.4 Å². The van der Waals surface area contributed by atoms with Crippen LogP contribution in [0.1, 0.15) is 55.6 Å². The maximum Gasteiger partial charge on any atom is 0.268 e. The van der Waals surface area contributed by atoms with Crippen LogP contribution < -0.4 is 16.3 Å². The number of hydrogen-bond donors (Lipinski definition) is 3. The van der Waals surface area contributed by atoms with Crippen molar-refractivity contribution in [3.8, 4) is 22.5 Å². The van der Waals surface area contributed by atoms with Gasteiger partial charge in [0.15, 0.2) is 11.2 Å². The topological polar surface area (TPSA) is 143 Å². The average Bonchev–Trinajstić information content (AvgIpc) is 2.95. The normalized spacial score (nSPS) is 11.7. The number of carbonyl (C=O) groups excluding carboxylic acids is 1. The van der Waals surface area contributed by atoms with Gasteiger partial charge in [0, 0.05) is 35.5 Å². The first-order chi connectivity index (χ1) is 19.5. The number of carbonyl (C=O) groups is 1. The molecule has 0 aliphatic rings. The molecule has 0 atom stereocenters. The maximum absolute atomic E-state index is 13.2. The van der Waals surface area contributed by atoms with E-state index in [1.165, 1.54) is 12.1 Å². The Bertz CT molecular complexity index is 1870. The monoisotopic (exact) mass is 550 g/mol. The lowest BCUT2D eigenvalue weighted by Gasteiger charge is -2.17. The largest absolute Gasteiger partial charge is 0.384 e. The molecule has 4 aromatic heterocycles.